The number of aromatic nitrogens is 1. The number of benzene rings is 1. The van der Waals surface area contributed by atoms with E-state index in [4.69, 9.17) is 5.11 Å². The molecule has 1 heterocycles. The first-order chi connectivity index (χ1) is 9.38. The Balaban J connectivity index is 2.30. The van der Waals surface area contributed by atoms with Gasteiger partial charge in [0.25, 0.3) is 0 Å². The van der Waals surface area contributed by atoms with Gasteiger partial charge in [0.05, 0.1) is 17.1 Å². The number of nitrogens with zero attached hydrogens (tertiary/aromatic N) is 1. The molecular formula is C16H19NO2S. The molecule has 1 aromatic heterocycles. The van der Waals surface area contributed by atoms with E-state index in [1.54, 1.807) is 11.3 Å². The Bertz CT molecular complexity index is 632. The van der Waals surface area contributed by atoms with Gasteiger partial charge in [-0.1, -0.05) is 6.07 Å². The first-order valence-corrected chi connectivity index (χ1v) is 7.47. The van der Waals surface area contributed by atoms with Gasteiger partial charge in [-0.05, 0) is 55.5 Å². The second-order valence-electron chi connectivity index (χ2n) is 5.22. The molecule has 0 spiro atoms. The van der Waals surface area contributed by atoms with E-state index in [1.165, 1.54) is 27.8 Å². The Labute approximate surface area is 123 Å². The number of hydrogen-bond acceptors (Lipinski definition) is 3. The van der Waals surface area contributed by atoms with Gasteiger partial charge < -0.3 is 5.11 Å². The Morgan fingerprint density at radius 1 is 1.20 bits per heavy atom. The molecule has 3 nitrogen and oxygen atoms in total. The summed E-state index contributed by atoms with van der Waals surface area (Å²) in [6.45, 7) is 8.54. The lowest BCUT2D eigenvalue weighted by molar-refractivity contribution is -0.136. The number of carbonyl (C=O) groups is 1. The second-order valence-corrected chi connectivity index (χ2v) is 6.16. The summed E-state index contributed by atoms with van der Waals surface area (Å²) in [4.78, 5) is 15.1. The Morgan fingerprint density at radius 2 is 1.80 bits per heavy atom. The smallest absolute Gasteiger partial charge is 0.309 e. The average Bonchev–Trinajstić information content (AvgIpc) is 2.79. The van der Waals surface area contributed by atoms with Crippen LogP contribution in [0, 0.1) is 27.7 Å². The maximum absolute atomic E-state index is 10.7. The molecule has 1 aromatic carbocycles. The van der Waals surface area contributed by atoms with Crippen molar-refractivity contribution in [2.45, 2.75) is 40.5 Å². The molecule has 0 saturated heterocycles. The fourth-order valence-electron chi connectivity index (χ4n) is 2.38. The third-order valence-electron chi connectivity index (χ3n) is 3.78. The van der Waals surface area contributed by atoms with Crippen molar-refractivity contribution in [3.8, 4) is 0 Å². The minimum absolute atomic E-state index is 0.00130. The van der Waals surface area contributed by atoms with Gasteiger partial charge in [-0.2, -0.15) is 0 Å². The minimum Gasteiger partial charge on any atom is -0.481 e. The highest BCUT2D eigenvalue weighted by Gasteiger charge is 2.12. The molecule has 1 N–H and O–H groups in total. The second kappa shape index (κ2) is 5.75. The summed E-state index contributed by atoms with van der Waals surface area (Å²) in [7, 11) is 0. The van der Waals surface area contributed by atoms with Crippen molar-refractivity contribution in [3.05, 3.63) is 50.0 Å². The van der Waals surface area contributed by atoms with Crippen LogP contribution in [-0.2, 0) is 17.6 Å². The molecule has 0 aliphatic heterocycles. The van der Waals surface area contributed by atoms with Crippen molar-refractivity contribution < 1.29 is 9.90 Å². The van der Waals surface area contributed by atoms with Crippen molar-refractivity contribution in [2.75, 3.05) is 0 Å². The highest BCUT2D eigenvalue weighted by atomic mass is 32.1. The first-order valence-electron chi connectivity index (χ1n) is 6.60. The fraction of sp³-hybridized carbons (Fsp3) is 0.375. The monoisotopic (exact) mass is 289 g/mol. The van der Waals surface area contributed by atoms with Crippen LogP contribution < -0.4 is 0 Å². The molecule has 0 saturated carbocycles. The topological polar surface area (TPSA) is 50.2 Å². The van der Waals surface area contributed by atoms with Crippen LogP contribution in [0.3, 0.4) is 0 Å². The van der Waals surface area contributed by atoms with E-state index in [-0.39, 0.29) is 6.42 Å². The number of aryl methyl sites for hydroxylation is 2. The molecule has 0 amide bonds. The summed E-state index contributed by atoms with van der Waals surface area (Å²) >= 11 is 1.54. The van der Waals surface area contributed by atoms with Gasteiger partial charge in [0, 0.05) is 11.8 Å². The number of carboxylic acid groups (broad SMARTS) is 1. The van der Waals surface area contributed by atoms with Crippen molar-refractivity contribution in [3.63, 3.8) is 0 Å². The van der Waals surface area contributed by atoms with Gasteiger partial charge in [0.1, 0.15) is 0 Å². The molecule has 0 unspecified atom stereocenters. The fourth-order valence-corrected chi connectivity index (χ4v) is 3.19. The van der Waals surface area contributed by atoms with Gasteiger partial charge in [0.15, 0.2) is 0 Å². The van der Waals surface area contributed by atoms with Gasteiger partial charge in [-0.3, -0.25) is 4.79 Å². The van der Waals surface area contributed by atoms with Crippen molar-refractivity contribution >= 4 is 17.3 Å². The zero-order valence-electron chi connectivity index (χ0n) is 12.3. The molecular weight excluding hydrogens is 270 g/mol. The third-order valence-corrected chi connectivity index (χ3v) is 4.68. The molecule has 2 aromatic rings. The number of aliphatic carboxylic acids is 1. The number of thiazole rings is 1. The van der Waals surface area contributed by atoms with Gasteiger partial charge in [-0.15, -0.1) is 11.3 Å². The SMILES string of the molecule is Cc1cc(C)c(C)c(Cc2nc(CC(=O)O)cs2)c1C. The van der Waals surface area contributed by atoms with E-state index >= 15 is 0 Å². The lowest BCUT2D eigenvalue weighted by Crippen LogP contribution is -2.02. The van der Waals surface area contributed by atoms with Gasteiger partial charge in [-0.25, -0.2) is 4.98 Å². The number of rotatable bonds is 4. The van der Waals surface area contributed by atoms with E-state index in [1.807, 2.05) is 5.38 Å². The molecule has 2 rings (SSSR count). The Morgan fingerprint density at radius 3 is 2.35 bits per heavy atom. The predicted octanol–water partition coefficient (Wildman–Crippen LogP) is 3.59. The zero-order chi connectivity index (χ0) is 14.9. The van der Waals surface area contributed by atoms with Gasteiger partial charge in [0.2, 0.25) is 0 Å². The van der Waals surface area contributed by atoms with Crippen LogP contribution in [0.15, 0.2) is 11.4 Å². The highest BCUT2D eigenvalue weighted by Crippen LogP contribution is 2.25. The van der Waals surface area contributed by atoms with Crippen molar-refractivity contribution in [2.24, 2.45) is 0 Å². The van der Waals surface area contributed by atoms with E-state index in [2.05, 4.69) is 38.7 Å². The third kappa shape index (κ3) is 3.07. The molecule has 0 aliphatic rings. The average molecular weight is 289 g/mol. The summed E-state index contributed by atoms with van der Waals surface area (Å²) in [5.41, 5.74) is 7.18. The number of hydrogen-bond donors (Lipinski definition) is 1. The van der Waals surface area contributed by atoms with E-state index in [9.17, 15) is 4.79 Å². The molecule has 0 radical (unpaired) electrons. The quantitative estimate of drug-likeness (QED) is 0.935. The highest BCUT2D eigenvalue weighted by molar-refractivity contribution is 7.09. The van der Waals surface area contributed by atoms with Crippen LogP contribution in [0.5, 0.6) is 0 Å². The number of carboxylic acids is 1. The minimum atomic E-state index is -0.833. The van der Waals surface area contributed by atoms with E-state index in [0.29, 0.717) is 5.69 Å². The standard InChI is InChI=1S/C16H19NO2S/c1-9-5-10(2)12(4)14(11(9)3)7-15-17-13(8-20-15)6-16(18)19/h5,8H,6-7H2,1-4H3,(H,18,19). The van der Waals surface area contributed by atoms with Crippen molar-refractivity contribution in [1.82, 2.24) is 4.98 Å². The largest absolute Gasteiger partial charge is 0.481 e. The molecule has 106 valence electrons. The van der Waals surface area contributed by atoms with Crippen LogP contribution in [0.2, 0.25) is 0 Å². The maximum atomic E-state index is 10.7. The summed E-state index contributed by atoms with van der Waals surface area (Å²) < 4.78 is 0. The van der Waals surface area contributed by atoms with Crippen molar-refractivity contribution in [1.29, 1.82) is 0 Å². The maximum Gasteiger partial charge on any atom is 0.309 e. The zero-order valence-corrected chi connectivity index (χ0v) is 13.1. The lowest BCUT2D eigenvalue weighted by Gasteiger charge is -2.14. The van der Waals surface area contributed by atoms with Crippen LogP contribution in [-0.4, -0.2) is 16.1 Å². The van der Waals surface area contributed by atoms with Crippen LogP contribution >= 0.6 is 11.3 Å². The molecule has 0 atom stereocenters. The normalized spacial score (nSPS) is 10.8. The predicted molar refractivity (Wildman–Crippen MR) is 81.6 cm³/mol. The van der Waals surface area contributed by atoms with Crippen LogP contribution in [0.1, 0.15) is 38.5 Å². The molecule has 0 fully saturated rings. The molecule has 4 heteroatoms. The summed E-state index contributed by atoms with van der Waals surface area (Å²) in [5.74, 6) is -0.833. The molecule has 0 bridgehead atoms. The summed E-state index contributed by atoms with van der Waals surface area (Å²) in [5, 5.41) is 11.6. The summed E-state index contributed by atoms with van der Waals surface area (Å²) in [6.07, 6.45) is 0.784. The van der Waals surface area contributed by atoms with E-state index in [0.717, 1.165) is 11.4 Å². The van der Waals surface area contributed by atoms with E-state index < -0.39 is 5.97 Å². The Kier molecular flexibility index (Phi) is 4.23. The molecule has 20 heavy (non-hydrogen) atoms. The molecule has 0 aliphatic carbocycles. The van der Waals surface area contributed by atoms with Gasteiger partial charge >= 0.3 is 5.97 Å². The van der Waals surface area contributed by atoms with Crippen LogP contribution in [0.25, 0.3) is 0 Å². The first kappa shape index (κ1) is 14.7. The van der Waals surface area contributed by atoms with Crippen LogP contribution in [0.4, 0.5) is 0 Å². The summed E-state index contributed by atoms with van der Waals surface area (Å²) in [6, 6.07) is 2.21. The Hall–Kier alpha value is -1.68. The lowest BCUT2D eigenvalue weighted by atomic mass is 9.92.